The minimum absolute atomic E-state index is 0.0981. The Labute approximate surface area is 164 Å². The smallest absolute Gasteiger partial charge is 0.262 e. The van der Waals surface area contributed by atoms with Gasteiger partial charge in [0.15, 0.2) is 0 Å². The highest BCUT2D eigenvalue weighted by Crippen LogP contribution is 2.28. The Balaban J connectivity index is 1.21. The zero-order chi connectivity index (χ0) is 20.0. The Bertz CT molecular complexity index is 1090. The molecule has 0 N–H and O–H groups in total. The van der Waals surface area contributed by atoms with E-state index in [1.807, 2.05) is 0 Å². The molecule has 1 fully saturated rings. The summed E-state index contributed by atoms with van der Waals surface area (Å²) < 4.78 is 5.28. The molecule has 5 rings (SSSR count). The van der Waals surface area contributed by atoms with Crippen molar-refractivity contribution in [2.24, 2.45) is 0 Å². The van der Waals surface area contributed by atoms with Gasteiger partial charge in [0, 0.05) is 25.5 Å². The topological polar surface area (TPSA) is 122 Å². The molecule has 1 saturated heterocycles. The van der Waals surface area contributed by atoms with Gasteiger partial charge < -0.3 is 9.42 Å². The highest BCUT2D eigenvalue weighted by Gasteiger charge is 2.40. The number of benzene rings is 1. The van der Waals surface area contributed by atoms with E-state index in [1.165, 1.54) is 12.4 Å². The molecule has 2 aliphatic heterocycles. The molecule has 1 aromatic carbocycles. The van der Waals surface area contributed by atoms with Crippen LogP contribution in [0.1, 0.15) is 32.5 Å². The predicted molar refractivity (Wildman–Crippen MR) is 96.5 cm³/mol. The van der Waals surface area contributed by atoms with E-state index in [0.29, 0.717) is 41.6 Å². The number of likely N-dealkylation sites (tertiary alicyclic amines) is 1. The summed E-state index contributed by atoms with van der Waals surface area (Å²) in [5.74, 6) is -0.536. The molecule has 0 radical (unpaired) electrons. The van der Waals surface area contributed by atoms with Crippen LogP contribution in [0, 0.1) is 0 Å². The maximum Gasteiger partial charge on any atom is 0.262 e. The Morgan fingerprint density at radius 3 is 2.48 bits per heavy atom. The maximum absolute atomic E-state index is 12.5. The van der Waals surface area contributed by atoms with Crippen molar-refractivity contribution < 1.29 is 18.9 Å². The van der Waals surface area contributed by atoms with Crippen molar-refractivity contribution >= 4 is 17.7 Å². The first kappa shape index (κ1) is 17.2. The summed E-state index contributed by atoms with van der Waals surface area (Å²) >= 11 is 0. The van der Waals surface area contributed by atoms with Crippen molar-refractivity contribution in [1.82, 2.24) is 29.9 Å². The molecule has 144 valence electrons. The van der Waals surface area contributed by atoms with Crippen molar-refractivity contribution in [3.63, 3.8) is 0 Å². The highest BCUT2D eigenvalue weighted by molar-refractivity contribution is 6.22. The first-order chi connectivity index (χ1) is 14.1. The van der Waals surface area contributed by atoms with Crippen molar-refractivity contribution in [3.05, 3.63) is 59.9 Å². The van der Waals surface area contributed by atoms with Gasteiger partial charge in [-0.25, -0.2) is 4.98 Å². The third-order valence-corrected chi connectivity index (χ3v) is 4.99. The van der Waals surface area contributed by atoms with E-state index < -0.39 is 11.8 Å². The Hall–Kier alpha value is -3.95. The lowest BCUT2D eigenvalue weighted by molar-refractivity contribution is -0.136. The molecule has 4 heterocycles. The summed E-state index contributed by atoms with van der Waals surface area (Å²) in [6, 6.07) is 6.55. The fourth-order valence-electron chi connectivity index (χ4n) is 3.38. The van der Waals surface area contributed by atoms with E-state index in [-0.39, 0.29) is 18.4 Å². The standard InChI is InChI=1S/C19H14N6O4/c26-15(10-25-18(27)12-3-1-2-4-13(12)19(25)28)24-8-11(9-24)17-22-16(23-29-17)14-7-20-5-6-21-14/h1-7,11H,8-10H2. The van der Waals surface area contributed by atoms with E-state index in [0.717, 1.165) is 4.90 Å². The van der Waals surface area contributed by atoms with Crippen LogP contribution in [-0.2, 0) is 4.79 Å². The van der Waals surface area contributed by atoms with E-state index in [2.05, 4.69) is 20.1 Å². The third kappa shape index (κ3) is 2.85. The highest BCUT2D eigenvalue weighted by atomic mass is 16.5. The molecule has 0 unspecified atom stereocenters. The van der Waals surface area contributed by atoms with Gasteiger partial charge in [-0.1, -0.05) is 17.3 Å². The summed E-state index contributed by atoms with van der Waals surface area (Å²) in [5, 5.41) is 3.90. The molecule has 29 heavy (non-hydrogen) atoms. The minimum atomic E-state index is -0.443. The lowest BCUT2D eigenvalue weighted by Crippen LogP contribution is -2.52. The quantitative estimate of drug-likeness (QED) is 0.598. The number of amides is 3. The summed E-state index contributed by atoms with van der Waals surface area (Å²) in [7, 11) is 0. The van der Waals surface area contributed by atoms with Crippen LogP contribution in [0.2, 0.25) is 0 Å². The van der Waals surface area contributed by atoms with E-state index in [1.54, 1.807) is 35.4 Å². The average Bonchev–Trinajstić information content (AvgIpc) is 3.28. The van der Waals surface area contributed by atoms with Crippen LogP contribution >= 0.6 is 0 Å². The molecule has 2 aromatic heterocycles. The molecule has 10 heteroatoms. The van der Waals surface area contributed by atoms with Crippen molar-refractivity contribution in [2.75, 3.05) is 19.6 Å². The normalized spacial score (nSPS) is 16.1. The molecular weight excluding hydrogens is 376 g/mol. The van der Waals surface area contributed by atoms with Crippen LogP contribution in [0.5, 0.6) is 0 Å². The molecule has 2 aliphatic rings. The van der Waals surface area contributed by atoms with Crippen molar-refractivity contribution in [1.29, 1.82) is 0 Å². The van der Waals surface area contributed by atoms with Gasteiger partial charge in [-0.3, -0.25) is 24.3 Å². The van der Waals surface area contributed by atoms with E-state index in [4.69, 9.17) is 4.52 Å². The summed E-state index contributed by atoms with van der Waals surface area (Å²) in [6.07, 6.45) is 4.62. The number of hydrogen-bond donors (Lipinski definition) is 0. The first-order valence-corrected chi connectivity index (χ1v) is 8.95. The van der Waals surface area contributed by atoms with Gasteiger partial charge in [0.05, 0.1) is 23.2 Å². The average molecular weight is 390 g/mol. The molecule has 0 aliphatic carbocycles. The van der Waals surface area contributed by atoms with Gasteiger partial charge in [0.25, 0.3) is 11.8 Å². The Morgan fingerprint density at radius 2 is 1.83 bits per heavy atom. The van der Waals surface area contributed by atoms with Gasteiger partial charge in [0.2, 0.25) is 17.6 Å². The van der Waals surface area contributed by atoms with Gasteiger partial charge in [-0.2, -0.15) is 4.98 Å². The minimum Gasteiger partial charge on any atom is -0.339 e. The molecule has 0 spiro atoms. The Morgan fingerprint density at radius 1 is 1.10 bits per heavy atom. The van der Waals surface area contributed by atoms with Crippen molar-refractivity contribution in [3.8, 4) is 11.5 Å². The number of imide groups is 1. The second kappa shape index (κ2) is 6.59. The molecular formula is C19H14N6O4. The van der Waals surface area contributed by atoms with Gasteiger partial charge in [-0.05, 0) is 12.1 Å². The van der Waals surface area contributed by atoms with Crippen LogP contribution in [0.15, 0.2) is 47.4 Å². The van der Waals surface area contributed by atoms with Crippen LogP contribution in [0.25, 0.3) is 11.5 Å². The SMILES string of the molecule is O=C(CN1C(=O)c2ccccc2C1=O)N1CC(c2nc(-c3cnccn3)no2)C1. The number of rotatable bonds is 4. The lowest BCUT2D eigenvalue weighted by atomic mass is 10.00. The van der Waals surface area contributed by atoms with Crippen LogP contribution < -0.4 is 0 Å². The molecule has 0 bridgehead atoms. The summed E-state index contributed by atoms with van der Waals surface area (Å²) in [6.45, 7) is 0.474. The number of hydrogen-bond acceptors (Lipinski definition) is 8. The monoisotopic (exact) mass is 390 g/mol. The third-order valence-electron chi connectivity index (χ3n) is 4.99. The summed E-state index contributed by atoms with van der Waals surface area (Å²) in [5.41, 5.74) is 1.16. The van der Waals surface area contributed by atoms with Gasteiger partial charge in [-0.15, -0.1) is 0 Å². The van der Waals surface area contributed by atoms with Gasteiger partial charge in [0.1, 0.15) is 12.2 Å². The largest absolute Gasteiger partial charge is 0.339 e. The maximum atomic E-state index is 12.5. The van der Waals surface area contributed by atoms with Crippen LogP contribution in [0.3, 0.4) is 0 Å². The second-order valence-corrected chi connectivity index (χ2v) is 6.78. The number of fused-ring (bicyclic) bond motifs is 1. The fourth-order valence-corrected chi connectivity index (χ4v) is 3.38. The number of aromatic nitrogens is 4. The second-order valence-electron chi connectivity index (χ2n) is 6.78. The van der Waals surface area contributed by atoms with Gasteiger partial charge >= 0.3 is 0 Å². The van der Waals surface area contributed by atoms with Crippen molar-refractivity contribution in [2.45, 2.75) is 5.92 Å². The number of carbonyl (C=O) groups is 3. The fraction of sp³-hybridized carbons (Fsp3) is 0.211. The zero-order valence-corrected chi connectivity index (χ0v) is 15.1. The predicted octanol–water partition coefficient (Wildman–Crippen LogP) is 0.749. The zero-order valence-electron chi connectivity index (χ0n) is 15.1. The molecule has 10 nitrogen and oxygen atoms in total. The summed E-state index contributed by atoms with van der Waals surface area (Å²) in [4.78, 5) is 52.2. The molecule has 3 aromatic rings. The van der Waals surface area contributed by atoms with E-state index >= 15 is 0 Å². The molecule has 3 amide bonds. The first-order valence-electron chi connectivity index (χ1n) is 8.95. The molecule has 0 atom stereocenters. The Kier molecular flexibility index (Phi) is 3.90. The van der Waals surface area contributed by atoms with E-state index in [9.17, 15) is 14.4 Å². The number of carbonyl (C=O) groups excluding carboxylic acids is 3. The molecule has 0 saturated carbocycles. The number of nitrogens with zero attached hydrogens (tertiary/aromatic N) is 6. The lowest BCUT2D eigenvalue weighted by Gasteiger charge is -2.37. The van der Waals surface area contributed by atoms with Crippen LogP contribution in [0.4, 0.5) is 0 Å². The van der Waals surface area contributed by atoms with Crippen LogP contribution in [-0.4, -0.2) is 67.3 Å².